The average Bonchev–Trinajstić information content (AvgIpc) is 2.87. The molecule has 1 aliphatic heterocycles. The molecule has 0 saturated carbocycles. The fourth-order valence-corrected chi connectivity index (χ4v) is 4.45. The number of allylic oxidation sites excluding steroid dienone is 1. The highest BCUT2D eigenvalue weighted by molar-refractivity contribution is 7.90. The summed E-state index contributed by atoms with van der Waals surface area (Å²) in [6.07, 6.45) is 0.566. The smallest absolute Gasteiger partial charge is 0.464 e. The molecule has 0 N–H and O–H groups in total. The van der Waals surface area contributed by atoms with Crippen molar-refractivity contribution in [1.82, 2.24) is 4.31 Å². The van der Waals surface area contributed by atoms with Crippen molar-refractivity contribution in [2.24, 2.45) is 5.41 Å². The number of nitrogens with zero attached hydrogens (tertiary/aromatic N) is 1. The third kappa shape index (κ3) is 5.32. The number of alkyl halides is 3. The normalized spacial score (nSPS) is 20.3. The van der Waals surface area contributed by atoms with Crippen LogP contribution in [0.4, 0.5) is 13.2 Å². The molecular formula is C19H22F3NO6S. The topological polar surface area (TPSA) is 90.0 Å². The lowest BCUT2D eigenvalue weighted by molar-refractivity contribution is -0.143. The summed E-state index contributed by atoms with van der Waals surface area (Å²) >= 11 is 0. The Morgan fingerprint density at radius 2 is 1.80 bits per heavy atom. The Balaban J connectivity index is 2.36. The zero-order valence-electron chi connectivity index (χ0n) is 16.6. The molecule has 0 aromatic heterocycles. The van der Waals surface area contributed by atoms with Gasteiger partial charge in [-0.3, -0.25) is 9.10 Å². The van der Waals surface area contributed by atoms with E-state index >= 15 is 0 Å². The van der Waals surface area contributed by atoms with Crippen molar-refractivity contribution in [2.75, 3.05) is 6.61 Å². The standard InChI is InChI=1S/C19H22F3NO6S/c1-13(24)28-12-16-18(2,3)10-15(23(16)30(26,27)19(20,21)22)9-17(25)29-11-14-7-5-4-6-8-14/h4-9,16H,10-12H2,1-3H3/b15-9+/t16-/m1/s1. The van der Waals surface area contributed by atoms with Gasteiger partial charge in [-0.15, -0.1) is 0 Å². The van der Waals surface area contributed by atoms with E-state index in [-0.39, 0.29) is 23.0 Å². The summed E-state index contributed by atoms with van der Waals surface area (Å²) in [6.45, 7) is 3.39. The van der Waals surface area contributed by atoms with E-state index in [0.29, 0.717) is 5.56 Å². The van der Waals surface area contributed by atoms with E-state index in [1.807, 2.05) is 0 Å². The molecule has 2 rings (SSSR count). The van der Waals surface area contributed by atoms with Crippen LogP contribution in [0.1, 0.15) is 32.8 Å². The van der Waals surface area contributed by atoms with E-state index in [9.17, 15) is 31.2 Å². The third-order valence-electron chi connectivity index (χ3n) is 4.61. The lowest BCUT2D eigenvalue weighted by Gasteiger charge is -2.32. The van der Waals surface area contributed by atoms with Crippen LogP contribution in [-0.4, -0.2) is 42.8 Å². The predicted octanol–water partition coefficient (Wildman–Crippen LogP) is 3.13. The van der Waals surface area contributed by atoms with Gasteiger partial charge in [0.15, 0.2) is 0 Å². The van der Waals surface area contributed by atoms with E-state index in [0.717, 1.165) is 13.0 Å². The fourth-order valence-electron chi connectivity index (χ4n) is 3.12. The Morgan fingerprint density at radius 3 is 2.33 bits per heavy atom. The monoisotopic (exact) mass is 449 g/mol. The van der Waals surface area contributed by atoms with E-state index in [4.69, 9.17) is 9.47 Å². The molecule has 1 atom stereocenters. The number of benzene rings is 1. The van der Waals surface area contributed by atoms with Crippen LogP contribution >= 0.6 is 0 Å². The van der Waals surface area contributed by atoms with Gasteiger partial charge in [-0.1, -0.05) is 44.2 Å². The van der Waals surface area contributed by atoms with Crippen LogP contribution in [0.25, 0.3) is 0 Å². The molecule has 0 bridgehead atoms. The van der Waals surface area contributed by atoms with Crippen molar-refractivity contribution in [3.05, 3.63) is 47.7 Å². The molecule has 0 unspecified atom stereocenters. The van der Waals surface area contributed by atoms with Crippen LogP contribution < -0.4 is 0 Å². The molecule has 11 heteroatoms. The summed E-state index contributed by atoms with van der Waals surface area (Å²) in [6, 6.07) is 7.23. The molecule has 1 aliphatic rings. The van der Waals surface area contributed by atoms with E-state index < -0.39 is 45.5 Å². The number of carbonyl (C=O) groups excluding carboxylic acids is 2. The molecule has 1 aromatic rings. The lowest BCUT2D eigenvalue weighted by atomic mass is 9.85. The summed E-state index contributed by atoms with van der Waals surface area (Å²) in [5, 5.41) is 0. The molecule has 1 fully saturated rings. The van der Waals surface area contributed by atoms with Gasteiger partial charge >= 0.3 is 27.5 Å². The number of ether oxygens (including phenoxy) is 2. The average molecular weight is 449 g/mol. The number of esters is 2. The first-order valence-corrected chi connectivity index (χ1v) is 10.3. The zero-order valence-corrected chi connectivity index (χ0v) is 17.4. The van der Waals surface area contributed by atoms with Crippen molar-refractivity contribution in [3.63, 3.8) is 0 Å². The largest absolute Gasteiger partial charge is 0.516 e. The van der Waals surface area contributed by atoms with Gasteiger partial charge in [0, 0.05) is 18.7 Å². The lowest BCUT2D eigenvalue weighted by Crippen LogP contribution is -2.48. The highest BCUT2D eigenvalue weighted by Gasteiger charge is 2.58. The van der Waals surface area contributed by atoms with Gasteiger partial charge in [-0.05, 0) is 17.4 Å². The van der Waals surface area contributed by atoms with Crippen molar-refractivity contribution < 1.29 is 40.7 Å². The van der Waals surface area contributed by atoms with E-state index in [1.54, 1.807) is 30.3 Å². The Morgan fingerprint density at radius 1 is 1.20 bits per heavy atom. The molecule has 0 spiro atoms. The highest BCUT2D eigenvalue weighted by atomic mass is 32.2. The maximum atomic E-state index is 13.3. The Labute approximate surface area is 172 Å². The number of halogens is 3. The summed E-state index contributed by atoms with van der Waals surface area (Å²) in [7, 11) is -5.84. The molecule has 0 amide bonds. The van der Waals surface area contributed by atoms with Crippen LogP contribution in [0.5, 0.6) is 0 Å². The number of hydrogen-bond donors (Lipinski definition) is 0. The van der Waals surface area contributed by atoms with Crippen LogP contribution in [0, 0.1) is 5.41 Å². The van der Waals surface area contributed by atoms with Gasteiger partial charge in [-0.25, -0.2) is 4.79 Å². The van der Waals surface area contributed by atoms with E-state index in [1.165, 1.54) is 13.8 Å². The van der Waals surface area contributed by atoms with Gasteiger partial charge in [-0.2, -0.15) is 21.6 Å². The first-order valence-electron chi connectivity index (χ1n) is 8.91. The Hall–Kier alpha value is -2.56. The number of carbonyl (C=O) groups is 2. The summed E-state index contributed by atoms with van der Waals surface area (Å²) in [5.41, 5.74) is -6.37. The molecule has 7 nitrogen and oxygen atoms in total. The molecule has 1 heterocycles. The third-order valence-corrected chi connectivity index (χ3v) is 6.20. The highest BCUT2D eigenvalue weighted by Crippen LogP contribution is 2.47. The summed E-state index contributed by atoms with van der Waals surface area (Å²) in [5.74, 6) is -1.75. The maximum Gasteiger partial charge on any atom is 0.516 e. The second kappa shape index (κ2) is 8.66. The molecule has 30 heavy (non-hydrogen) atoms. The molecule has 1 saturated heterocycles. The molecule has 0 radical (unpaired) electrons. The van der Waals surface area contributed by atoms with Crippen LogP contribution in [-0.2, 0) is 35.7 Å². The summed E-state index contributed by atoms with van der Waals surface area (Å²) < 4.78 is 74.4. The minimum atomic E-state index is -5.84. The van der Waals surface area contributed by atoms with Crippen molar-refractivity contribution >= 4 is 22.0 Å². The van der Waals surface area contributed by atoms with Crippen LogP contribution in [0.3, 0.4) is 0 Å². The maximum absolute atomic E-state index is 13.3. The van der Waals surface area contributed by atoms with E-state index in [2.05, 4.69) is 0 Å². The van der Waals surface area contributed by atoms with Gasteiger partial charge in [0.2, 0.25) is 0 Å². The van der Waals surface area contributed by atoms with Crippen molar-refractivity contribution in [2.45, 2.75) is 45.3 Å². The SMILES string of the molecule is CC(=O)OC[C@H]1N(S(=O)(=O)C(F)(F)F)/C(=C/C(=O)OCc2ccccc2)CC1(C)C. The second-order valence-electron chi connectivity index (χ2n) is 7.46. The molecule has 166 valence electrons. The number of hydrogen-bond acceptors (Lipinski definition) is 6. The molecular weight excluding hydrogens is 427 g/mol. The first-order chi connectivity index (χ1) is 13.8. The van der Waals surface area contributed by atoms with Crippen molar-refractivity contribution in [3.8, 4) is 0 Å². The predicted molar refractivity (Wildman–Crippen MR) is 100.0 cm³/mol. The summed E-state index contributed by atoms with van der Waals surface area (Å²) in [4.78, 5) is 23.3. The van der Waals surface area contributed by atoms with Gasteiger partial charge in [0.25, 0.3) is 0 Å². The van der Waals surface area contributed by atoms with Crippen LogP contribution in [0.2, 0.25) is 0 Å². The Kier molecular flexibility index (Phi) is 6.85. The minimum Gasteiger partial charge on any atom is -0.464 e. The number of rotatable bonds is 6. The van der Waals surface area contributed by atoms with Crippen molar-refractivity contribution in [1.29, 1.82) is 0 Å². The fraction of sp³-hybridized carbons (Fsp3) is 0.474. The zero-order chi connectivity index (χ0) is 22.7. The quantitative estimate of drug-likeness (QED) is 0.490. The second-order valence-corrected chi connectivity index (χ2v) is 9.27. The molecule has 1 aromatic carbocycles. The van der Waals surface area contributed by atoms with Gasteiger partial charge in [0.05, 0.1) is 6.04 Å². The molecule has 0 aliphatic carbocycles. The van der Waals surface area contributed by atoms with Gasteiger partial charge < -0.3 is 9.47 Å². The van der Waals surface area contributed by atoms with Crippen LogP contribution in [0.15, 0.2) is 42.1 Å². The first kappa shape index (κ1) is 23.7. The van der Waals surface area contributed by atoms with Gasteiger partial charge in [0.1, 0.15) is 13.2 Å². The minimum absolute atomic E-state index is 0.125. The number of sulfonamides is 1. The Bertz CT molecular complexity index is 925.